The Bertz CT molecular complexity index is 919. The number of amides is 1. The van der Waals surface area contributed by atoms with Gasteiger partial charge in [-0.1, -0.05) is 53.2 Å². The Morgan fingerprint density at radius 1 is 1.19 bits per heavy atom. The lowest BCUT2D eigenvalue weighted by molar-refractivity contribution is 0.0564. The summed E-state index contributed by atoms with van der Waals surface area (Å²) in [5.41, 5.74) is 1.00. The summed E-state index contributed by atoms with van der Waals surface area (Å²) in [4.78, 5) is 18.4. The van der Waals surface area contributed by atoms with Gasteiger partial charge in [0.25, 0.3) is 5.91 Å². The quantitative estimate of drug-likeness (QED) is 0.701. The van der Waals surface area contributed by atoms with E-state index in [1.807, 2.05) is 30.3 Å². The number of rotatable bonds is 4. The fourth-order valence-corrected chi connectivity index (χ4v) is 3.19. The molecule has 0 spiro atoms. The van der Waals surface area contributed by atoms with Crippen LogP contribution in [0.4, 0.5) is 4.39 Å². The highest BCUT2D eigenvalue weighted by molar-refractivity contribution is 6.33. The third kappa shape index (κ3) is 3.20. The molecule has 0 saturated carbocycles. The average molecular weight is 372 g/mol. The number of carbonyl (C=O) groups is 1. The van der Waals surface area contributed by atoms with Gasteiger partial charge in [0, 0.05) is 19.5 Å². The first-order valence-electron chi connectivity index (χ1n) is 8.21. The van der Waals surface area contributed by atoms with Crippen LogP contribution in [0.15, 0.2) is 53.1 Å². The first-order valence-corrected chi connectivity index (χ1v) is 8.59. The van der Waals surface area contributed by atoms with Crippen molar-refractivity contribution in [3.8, 4) is 0 Å². The van der Waals surface area contributed by atoms with Crippen LogP contribution in [0, 0.1) is 5.82 Å². The fourth-order valence-electron chi connectivity index (χ4n) is 2.94. The summed E-state index contributed by atoms with van der Waals surface area (Å²) in [5, 5.41) is 4.11. The van der Waals surface area contributed by atoms with Gasteiger partial charge in [-0.05, 0) is 17.7 Å². The lowest BCUT2D eigenvalue weighted by Gasteiger charge is -2.37. The van der Waals surface area contributed by atoms with Gasteiger partial charge in [-0.2, -0.15) is 4.98 Å². The standard InChI is InChI=1S/C19H15ClFN3O2/c20-14-7-4-8-15(21)17(14)19(25)24-10-13(11-24)18-22-16(23-26-18)9-12-5-2-1-3-6-12/h1-8,13H,9-11H2. The molecule has 0 radical (unpaired) electrons. The number of benzene rings is 2. The summed E-state index contributed by atoms with van der Waals surface area (Å²) < 4.78 is 19.2. The van der Waals surface area contributed by atoms with E-state index in [0.29, 0.717) is 31.2 Å². The Morgan fingerprint density at radius 2 is 1.96 bits per heavy atom. The molecule has 3 aromatic rings. The number of likely N-dealkylation sites (tertiary alicyclic amines) is 1. The minimum atomic E-state index is -0.617. The lowest BCUT2D eigenvalue weighted by Crippen LogP contribution is -2.48. The fraction of sp³-hybridized carbons (Fsp3) is 0.211. The molecule has 2 heterocycles. The third-order valence-electron chi connectivity index (χ3n) is 4.38. The minimum Gasteiger partial charge on any atom is -0.339 e. The van der Waals surface area contributed by atoms with E-state index in [1.54, 1.807) is 0 Å². The van der Waals surface area contributed by atoms with E-state index in [4.69, 9.17) is 16.1 Å². The highest BCUT2D eigenvalue weighted by atomic mass is 35.5. The Labute approximate surface area is 154 Å². The maximum atomic E-state index is 13.9. The Morgan fingerprint density at radius 3 is 2.69 bits per heavy atom. The average Bonchev–Trinajstić information content (AvgIpc) is 3.02. The number of hydrogen-bond donors (Lipinski definition) is 0. The molecule has 132 valence electrons. The summed E-state index contributed by atoms with van der Waals surface area (Å²) in [5.74, 6) is 0.0246. The summed E-state index contributed by atoms with van der Waals surface area (Å²) in [7, 11) is 0. The van der Waals surface area contributed by atoms with Crippen LogP contribution >= 0.6 is 11.6 Å². The molecule has 1 amide bonds. The second kappa shape index (κ2) is 6.88. The molecule has 1 saturated heterocycles. The molecule has 1 aliphatic heterocycles. The molecule has 1 fully saturated rings. The van der Waals surface area contributed by atoms with Crippen LogP contribution in [0.25, 0.3) is 0 Å². The molecular weight excluding hydrogens is 357 g/mol. The van der Waals surface area contributed by atoms with Crippen LogP contribution in [0.3, 0.4) is 0 Å². The van der Waals surface area contributed by atoms with Gasteiger partial charge >= 0.3 is 0 Å². The van der Waals surface area contributed by atoms with E-state index >= 15 is 0 Å². The molecule has 26 heavy (non-hydrogen) atoms. The van der Waals surface area contributed by atoms with Gasteiger partial charge < -0.3 is 9.42 Å². The zero-order chi connectivity index (χ0) is 18.1. The van der Waals surface area contributed by atoms with Crippen molar-refractivity contribution in [2.45, 2.75) is 12.3 Å². The van der Waals surface area contributed by atoms with Gasteiger partial charge in [0.15, 0.2) is 5.82 Å². The first kappa shape index (κ1) is 16.7. The predicted molar refractivity (Wildman–Crippen MR) is 93.6 cm³/mol. The van der Waals surface area contributed by atoms with Crippen LogP contribution in [-0.4, -0.2) is 34.0 Å². The molecule has 0 bridgehead atoms. The molecule has 0 N–H and O–H groups in total. The van der Waals surface area contributed by atoms with Crippen molar-refractivity contribution in [3.63, 3.8) is 0 Å². The molecule has 2 aromatic carbocycles. The van der Waals surface area contributed by atoms with Crippen molar-refractivity contribution < 1.29 is 13.7 Å². The van der Waals surface area contributed by atoms with E-state index < -0.39 is 11.7 Å². The number of carbonyl (C=O) groups excluding carboxylic acids is 1. The van der Waals surface area contributed by atoms with Gasteiger partial charge in [-0.25, -0.2) is 4.39 Å². The lowest BCUT2D eigenvalue weighted by atomic mass is 9.98. The van der Waals surface area contributed by atoms with Crippen molar-refractivity contribution in [1.82, 2.24) is 15.0 Å². The monoisotopic (exact) mass is 371 g/mol. The van der Waals surface area contributed by atoms with E-state index in [2.05, 4.69) is 10.1 Å². The van der Waals surface area contributed by atoms with Gasteiger partial charge in [0.1, 0.15) is 5.82 Å². The van der Waals surface area contributed by atoms with Crippen molar-refractivity contribution in [2.75, 3.05) is 13.1 Å². The van der Waals surface area contributed by atoms with Gasteiger partial charge in [0.05, 0.1) is 16.5 Å². The summed E-state index contributed by atoms with van der Waals surface area (Å²) in [6, 6.07) is 14.1. The maximum absolute atomic E-state index is 13.9. The van der Waals surface area contributed by atoms with E-state index in [1.165, 1.54) is 23.1 Å². The Hall–Kier alpha value is -2.73. The SMILES string of the molecule is O=C(c1c(F)cccc1Cl)N1CC(c2nc(Cc3ccccc3)no2)C1. The molecule has 0 unspecified atom stereocenters. The molecule has 4 rings (SSSR count). The normalized spacial score (nSPS) is 14.3. The smallest absolute Gasteiger partial charge is 0.258 e. The minimum absolute atomic E-state index is 0.0403. The van der Waals surface area contributed by atoms with E-state index in [0.717, 1.165) is 5.56 Å². The first-order chi connectivity index (χ1) is 12.6. The zero-order valence-corrected chi connectivity index (χ0v) is 14.5. The number of halogens is 2. The second-order valence-electron chi connectivity index (χ2n) is 6.21. The van der Waals surface area contributed by atoms with Crippen LogP contribution in [0.2, 0.25) is 5.02 Å². The van der Waals surface area contributed by atoms with Gasteiger partial charge in [0.2, 0.25) is 5.89 Å². The van der Waals surface area contributed by atoms with Gasteiger partial charge in [-0.15, -0.1) is 0 Å². The predicted octanol–water partition coefficient (Wildman–Crippen LogP) is 3.69. The highest BCUT2D eigenvalue weighted by Crippen LogP contribution is 2.30. The second-order valence-corrected chi connectivity index (χ2v) is 6.62. The number of aromatic nitrogens is 2. The summed E-state index contributed by atoms with van der Waals surface area (Å²) in [6.07, 6.45) is 0.588. The largest absolute Gasteiger partial charge is 0.339 e. The van der Waals surface area contributed by atoms with Crippen molar-refractivity contribution >= 4 is 17.5 Å². The molecule has 0 atom stereocenters. The highest BCUT2D eigenvalue weighted by Gasteiger charge is 2.37. The zero-order valence-electron chi connectivity index (χ0n) is 13.7. The molecule has 5 nitrogen and oxygen atoms in total. The number of hydrogen-bond acceptors (Lipinski definition) is 4. The summed E-state index contributed by atoms with van der Waals surface area (Å²) in [6.45, 7) is 0.799. The summed E-state index contributed by atoms with van der Waals surface area (Å²) >= 11 is 5.95. The molecule has 7 heteroatoms. The molecular formula is C19H15ClFN3O2. The Balaban J connectivity index is 1.40. The van der Waals surface area contributed by atoms with E-state index in [-0.39, 0.29) is 16.5 Å². The topological polar surface area (TPSA) is 59.2 Å². The van der Waals surface area contributed by atoms with E-state index in [9.17, 15) is 9.18 Å². The number of nitrogens with zero attached hydrogens (tertiary/aromatic N) is 3. The molecule has 1 aromatic heterocycles. The molecule has 0 aliphatic carbocycles. The van der Waals surface area contributed by atoms with Crippen molar-refractivity contribution in [3.05, 3.63) is 82.2 Å². The van der Waals surface area contributed by atoms with Gasteiger partial charge in [-0.3, -0.25) is 4.79 Å². The van der Waals surface area contributed by atoms with Crippen molar-refractivity contribution in [1.29, 1.82) is 0 Å². The Kier molecular flexibility index (Phi) is 4.42. The van der Waals surface area contributed by atoms with Crippen molar-refractivity contribution in [2.24, 2.45) is 0 Å². The van der Waals surface area contributed by atoms with Crippen LogP contribution in [-0.2, 0) is 6.42 Å². The van der Waals surface area contributed by atoms with Crippen LogP contribution in [0.1, 0.15) is 33.6 Å². The third-order valence-corrected chi connectivity index (χ3v) is 4.70. The molecule has 1 aliphatic rings. The maximum Gasteiger partial charge on any atom is 0.258 e. The van der Waals surface area contributed by atoms with Crippen LogP contribution in [0.5, 0.6) is 0 Å². The van der Waals surface area contributed by atoms with Crippen LogP contribution < -0.4 is 0 Å².